The molecular formula is C14H26N2S. The van der Waals surface area contributed by atoms with Crippen molar-refractivity contribution >= 4 is 11.8 Å². The lowest BCUT2D eigenvalue weighted by Crippen LogP contribution is -2.44. The highest BCUT2D eigenvalue weighted by molar-refractivity contribution is 7.99. The molecule has 0 heterocycles. The molecule has 0 saturated heterocycles. The number of nitrogens with one attached hydrogen (secondary N) is 1. The third-order valence-corrected chi connectivity index (χ3v) is 4.45. The van der Waals surface area contributed by atoms with E-state index in [0.29, 0.717) is 11.3 Å². The van der Waals surface area contributed by atoms with Gasteiger partial charge in [-0.15, -0.1) is 0 Å². The van der Waals surface area contributed by atoms with Gasteiger partial charge in [-0.1, -0.05) is 26.7 Å². The minimum atomic E-state index is -0.321. The lowest BCUT2D eigenvalue weighted by molar-refractivity contribution is 0.414. The van der Waals surface area contributed by atoms with E-state index < -0.39 is 0 Å². The maximum atomic E-state index is 9.30. The van der Waals surface area contributed by atoms with Gasteiger partial charge in [0.05, 0.1) is 6.07 Å². The molecule has 0 spiro atoms. The van der Waals surface area contributed by atoms with E-state index in [0.717, 1.165) is 6.42 Å². The quantitative estimate of drug-likeness (QED) is 0.637. The van der Waals surface area contributed by atoms with Crippen molar-refractivity contribution in [3.8, 4) is 6.07 Å². The molecule has 3 heteroatoms. The molecule has 1 fully saturated rings. The van der Waals surface area contributed by atoms with E-state index in [4.69, 9.17) is 0 Å². The van der Waals surface area contributed by atoms with Crippen molar-refractivity contribution in [1.82, 2.24) is 5.32 Å². The lowest BCUT2D eigenvalue weighted by Gasteiger charge is -2.26. The molecule has 1 aliphatic rings. The Bertz CT molecular complexity index is 257. The average molecular weight is 254 g/mol. The van der Waals surface area contributed by atoms with Gasteiger partial charge in [0.2, 0.25) is 0 Å². The van der Waals surface area contributed by atoms with Crippen molar-refractivity contribution in [2.24, 2.45) is 0 Å². The Morgan fingerprint density at radius 2 is 2.18 bits per heavy atom. The van der Waals surface area contributed by atoms with Gasteiger partial charge in [0.25, 0.3) is 0 Å². The molecule has 1 aliphatic carbocycles. The number of thioether (sulfide) groups is 1. The van der Waals surface area contributed by atoms with Crippen molar-refractivity contribution in [3.63, 3.8) is 0 Å². The lowest BCUT2D eigenvalue weighted by atomic mass is 9.98. The molecule has 1 N–H and O–H groups in total. The van der Waals surface area contributed by atoms with Crippen LogP contribution in [0.1, 0.15) is 59.3 Å². The molecule has 0 aromatic rings. The first-order chi connectivity index (χ1) is 8.09. The molecule has 2 nitrogen and oxygen atoms in total. The standard InChI is InChI=1S/C14H26N2S/c1-4-5-6-9-17-12(2)10-14(3,11-15)16-13-7-8-13/h12-13,16H,4-10H2,1-3H3. The van der Waals surface area contributed by atoms with Crippen LogP contribution in [0.2, 0.25) is 0 Å². The number of nitrogens with zero attached hydrogens (tertiary/aromatic N) is 1. The first kappa shape index (κ1) is 14.9. The molecule has 0 aliphatic heterocycles. The Hall–Kier alpha value is -0.200. The van der Waals surface area contributed by atoms with Gasteiger partial charge in [-0.25, -0.2) is 0 Å². The molecule has 0 radical (unpaired) electrons. The molecule has 1 saturated carbocycles. The fourth-order valence-electron chi connectivity index (χ4n) is 2.09. The average Bonchev–Trinajstić information content (AvgIpc) is 3.08. The Morgan fingerprint density at radius 1 is 1.47 bits per heavy atom. The molecule has 0 bridgehead atoms. The summed E-state index contributed by atoms with van der Waals surface area (Å²) in [6.45, 7) is 6.54. The van der Waals surface area contributed by atoms with Crippen LogP contribution >= 0.6 is 11.8 Å². The summed E-state index contributed by atoms with van der Waals surface area (Å²) in [5.41, 5.74) is -0.321. The van der Waals surface area contributed by atoms with Gasteiger partial charge < -0.3 is 0 Å². The van der Waals surface area contributed by atoms with Crippen molar-refractivity contribution in [1.29, 1.82) is 5.26 Å². The zero-order valence-corrected chi connectivity index (χ0v) is 12.3. The van der Waals surface area contributed by atoms with E-state index >= 15 is 0 Å². The highest BCUT2D eigenvalue weighted by atomic mass is 32.2. The minimum absolute atomic E-state index is 0.321. The van der Waals surface area contributed by atoms with Crippen LogP contribution in [-0.4, -0.2) is 22.6 Å². The molecule has 2 atom stereocenters. The van der Waals surface area contributed by atoms with Gasteiger partial charge in [0.1, 0.15) is 5.54 Å². The van der Waals surface area contributed by atoms with Crippen LogP contribution in [0.5, 0.6) is 0 Å². The zero-order chi connectivity index (χ0) is 12.7. The Morgan fingerprint density at radius 3 is 2.71 bits per heavy atom. The monoisotopic (exact) mass is 254 g/mol. The van der Waals surface area contributed by atoms with Crippen LogP contribution in [0.25, 0.3) is 0 Å². The number of hydrogen-bond acceptors (Lipinski definition) is 3. The van der Waals surface area contributed by atoms with Crippen LogP contribution in [0, 0.1) is 11.3 Å². The second-order valence-corrected chi connectivity index (χ2v) is 7.00. The zero-order valence-electron chi connectivity index (χ0n) is 11.5. The minimum Gasteiger partial charge on any atom is -0.297 e. The fraction of sp³-hybridized carbons (Fsp3) is 0.929. The largest absolute Gasteiger partial charge is 0.297 e. The molecule has 17 heavy (non-hydrogen) atoms. The van der Waals surface area contributed by atoms with Gasteiger partial charge in [0, 0.05) is 11.3 Å². The van der Waals surface area contributed by atoms with Crippen molar-refractivity contribution in [2.45, 2.75) is 76.1 Å². The number of rotatable bonds is 9. The Labute approximate surface area is 111 Å². The van der Waals surface area contributed by atoms with Crippen LogP contribution in [0.4, 0.5) is 0 Å². The smallest absolute Gasteiger partial charge is 0.105 e. The summed E-state index contributed by atoms with van der Waals surface area (Å²) in [6.07, 6.45) is 7.37. The van der Waals surface area contributed by atoms with Crippen molar-refractivity contribution < 1.29 is 0 Å². The van der Waals surface area contributed by atoms with E-state index in [1.54, 1.807) is 0 Å². The maximum Gasteiger partial charge on any atom is 0.105 e. The SMILES string of the molecule is CCCCCSC(C)CC(C)(C#N)NC1CC1. The Kier molecular flexibility index (Phi) is 6.37. The molecule has 0 aromatic heterocycles. The van der Waals surface area contributed by atoms with E-state index in [1.165, 1.54) is 37.9 Å². The highest BCUT2D eigenvalue weighted by Crippen LogP contribution is 2.27. The molecule has 0 aromatic carbocycles. The first-order valence-electron chi connectivity index (χ1n) is 6.90. The van der Waals surface area contributed by atoms with Gasteiger partial charge in [-0.3, -0.25) is 5.32 Å². The summed E-state index contributed by atoms with van der Waals surface area (Å²) < 4.78 is 0. The Balaban J connectivity index is 2.21. The van der Waals surface area contributed by atoms with E-state index in [2.05, 4.69) is 32.2 Å². The predicted octanol–water partition coefficient (Wildman–Crippen LogP) is 3.72. The highest BCUT2D eigenvalue weighted by Gasteiger charge is 2.33. The third kappa shape index (κ3) is 6.33. The third-order valence-electron chi connectivity index (χ3n) is 3.19. The van der Waals surface area contributed by atoms with Crippen LogP contribution in [0.3, 0.4) is 0 Å². The van der Waals surface area contributed by atoms with E-state index in [1.807, 2.05) is 11.8 Å². The normalized spacial score (nSPS) is 20.6. The van der Waals surface area contributed by atoms with E-state index in [9.17, 15) is 5.26 Å². The summed E-state index contributed by atoms with van der Waals surface area (Å²) in [5, 5.41) is 13.3. The van der Waals surface area contributed by atoms with E-state index in [-0.39, 0.29) is 5.54 Å². The summed E-state index contributed by atoms with van der Waals surface area (Å²) in [6, 6.07) is 3.07. The fourth-order valence-corrected chi connectivity index (χ4v) is 3.31. The van der Waals surface area contributed by atoms with Gasteiger partial charge in [0.15, 0.2) is 0 Å². The van der Waals surface area contributed by atoms with Gasteiger partial charge in [-0.2, -0.15) is 17.0 Å². The summed E-state index contributed by atoms with van der Waals surface area (Å²) in [7, 11) is 0. The summed E-state index contributed by atoms with van der Waals surface area (Å²) in [4.78, 5) is 0. The van der Waals surface area contributed by atoms with Gasteiger partial charge in [-0.05, 0) is 38.4 Å². The first-order valence-corrected chi connectivity index (χ1v) is 7.95. The second-order valence-electron chi connectivity index (χ2n) is 5.46. The van der Waals surface area contributed by atoms with Crippen molar-refractivity contribution in [3.05, 3.63) is 0 Å². The number of hydrogen-bond donors (Lipinski definition) is 1. The molecule has 1 rings (SSSR count). The molecule has 98 valence electrons. The van der Waals surface area contributed by atoms with Gasteiger partial charge >= 0.3 is 0 Å². The number of unbranched alkanes of at least 4 members (excludes halogenated alkanes) is 2. The van der Waals surface area contributed by atoms with Crippen molar-refractivity contribution in [2.75, 3.05) is 5.75 Å². The predicted molar refractivity (Wildman–Crippen MR) is 76.2 cm³/mol. The molecular weight excluding hydrogens is 228 g/mol. The van der Waals surface area contributed by atoms with Crippen LogP contribution in [-0.2, 0) is 0 Å². The second kappa shape index (κ2) is 7.28. The summed E-state index contributed by atoms with van der Waals surface area (Å²) >= 11 is 2.01. The van der Waals surface area contributed by atoms with Crippen LogP contribution in [0.15, 0.2) is 0 Å². The maximum absolute atomic E-state index is 9.30. The summed E-state index contributed by atoms with van der Waals surface area (Å²) in [5.74, 6) is 1.24. The van der Waals surface area contributed by atoms with Crippen LogP contribution < -0.4 is 5.32 Å². The molecule has 0 amide bonds. The topological polar surface area (TPSA) is 35.8 Å². The number of nitriles is 1. The molecule has 2 unspecified atom stereocenters.